The van der Waals surface area contributed by atoms with E-state index in [4.69, 9.17) is 0 Å². The maximum Gasteiger partial charge on any atom is 0.185 e. The van der Waals surface area contributed by atoms with Crippen LogP contribution in [0.15, 0.2) is 24.3 Å². The molecular weight excluding hydrogens is 294 g/mol. The van der Waals surface area contributed by atoms with Crippen molar-refractivity contribution in [2.75, 3.05) is 32.1 Å². The van der Waals surface area contributed by atoms with Gasteiger partial charge in [-0.15, -0.1) is 11.3 Å². The van der Waals surface area contributed by atoms with Gasteiger partial charge in [0.25, 0.3) is 0 Å². The third-order valence-electron chi connectivity index (χ3n) is 4.31. The summed E-state index contributed by atoms with van der Waals surface area (Å²) in [6.45, 7) is 4.08. The van der Waals surface area contributed by atoms with Crippen LogP contribution in [0.5, 0.6) is 0 Å². The number of hydrogen-bond donors (Lipinski definition) is 1. The summed E-state index contributed by atoms with van der Waals surface area (Å²) in [6, 6.07) is 8.56. The van der Waals surface area contributed by atoms with Crippen molar-refractivity contribution >= 4 is 16.5 Å². The fourth-order valence-electron chi connectivity index (χ4n) is 3.04. The summed E-state index contributed by atoms with van der Waals surface area (Å²) in [5, 5.41) is 10.9. The first-order valence-corrected chi connectivity index (χ1v) is 8.48. The Kier molecular flexibility index (Phi) is 4.47. The number of aliphatic hydroxyl groups excluding tert-OH is 1. The summed E-state index contributed by atoms with van der Waals surface area (Å²) in [5.41, 5.74) is 3.74. The number of benzene rings is 1. The van der Waals surface area contributed by atoms with E-state index in [0.29, 0.717) is 0 Å². The molecule has 5 heteroatoms. The zero-order chi connectivity index (χ0) is 15.7. The van der Waals surface area contributed by atoms with Crippen molar-refractivity contribution in [3.63, 3.8) is 0 Å². The van der Waals surface area contributed by atoms with Gasteiger partial charge in [-0.05, 0) is 24.5 Å². The molecule has 0 fully saturated rings. The van der Waals surface area contributed by atoms with Gasteiger partial charge in [-0.1, -0.05) is 24.3 Å². The molecule has 2 heterocycles. The molecule has 1 aliphatic rings. The first-order chi connectivity index (χ1) is 10.6. The van der Waals surface area contributed by atoms with Crippen LogP contribution in [0.4, 0.5) is 5.13 Å². The Labute approximate surface area is 136 Å². The van der Waals surface area contributed by atoms with E-state index in [1.807, 2.05) is 14.1 Å². The first kappa shape index (κ1) is 15.5. The van der Waals surface area contributed by atoms with Gasteiger partial charge >= 0.3 is 0 Å². The third-order valence-corrected chi connectivity index (χ3v) is 5.62. The molecule has 0 bridgehead atoms. The van der Waals surface area contributed by atoms with E-state index in [1.54, 1.807) is 11.3 Å². The van der Waals surface area contributed by atoms with Gasteiger partial charge in [-0.3, -0.25) is 4.90 Å². The van der Waals surface area contributed by atoms with Gasteiger partial charge in [-0.2, -0.15) is 0 Å². The van der Waals surface area contributed by atoms with Gasteiger partial charge in [0.1, 0.15) is 0 Å². The number of fused-ring (bicyclic) bond motifs is 1. The lowest BCUT2D eigenvalue weighted by Crippen LogP contribution is -2.36. The molecule has 1 aromatic carbocycles. The topological polar surface area (TPSA) is 39.6 Å². The second-order valence-electron chi connectivity index (χ2n) is 6.02. The number of aromatic nitrogens is 1. The molecule has 0 radical (unpaired) electrons. The van der Waals surface area contributed by atoms with Crippen molar-refractivity contribution in [1.82, 2.24) is 9.88 Å². The van der Waals surface area contributed by atoms with Gasteiger partial charge < -0.3 is 10.0 Å². The summed E-state index contributed by atoms with van der Waals surface area (Å²) >= 11 is 1.75. The van der Waals surface area contributed by atoms with Crippen molar-refractivity contribution < 1.29 is 5.11 Å². The van der Waals surface area contributed by atoms with Crippen LogP contribution in [0.25, 0.3) is 0 Å². The van der Waals surface area contributed by atoms with E-state index in [9.17, 15) is 5.11 Å². The van der Waals surface area contributed by atoms with Crippen molar-refractivity contribution in [2.24, 2.45) is 0 Å². The van der Waals surface area contributed by atoms with E-state index in [0.717, 1.165) is 30.3 Å². The largest absolute Gasteiger partial charge is 0.394 e. The maximum atomic E-state index is 9.89. The highest BCUT2D eigenvalue weighted by Crippen LogP contribution is 2.33. The zero-order valence-corrected chi connectivity index (χ0v) is 14.2. The monoisotopic (exact) mass is 317 g/mol. The molecule has 1 aromatic heterocycles. The van der Waals surface area contributed by atoms with Crippen LogP contribution in [-0.4, -0.2) is 42.2 Å². The molecule has 3 rings (SSSR count). The van der Waals surface area contributed by atoms with Crippen LogP contribution in [0, 0.1) is 6.92 Å². The lowest BCUT2D eigenvalue weighted by molar-refractivity contribution is 0.109. The van der Waals surface area contributed by atoms with E-state index in [-0.39, 0.29) is 12.6 Å². The third kappa shape index (κ3) is 2.89. The van der Waals surface area contributed by atoms with Crippen LogP contribution in [0.2, 0.25) is 0 Å². The van der Waals surface area contributed by atoms with Crippen LogP contribution in [0.1, 0.15) is 27.7 Å². The highest BCUT2D eigenvalue weighted by atomic mass is 32.1. The number of anilines is 1. The molecule has 1 aliphatic heterocycles. The Morgan fingerprint density at radius 1 is 1.36 bits per heavy atom. The predicted molar refractivity (Wildman–Crippen MR) is 91.6 cm³/mol. The smallest absolute Gasteiger partial charge is 0.185 e. The molecular formula is C17H23N3OS. The van der Waals surface area contributed by atoms with E-state index in [2.05, 4.69) is 46.0 Å². The summed E-state index contributed by atoms with van der Waals surface area (Å²) in [5.74, 6) is 0. The average Bonchev–Trinajstić information content (AvgIpc) is 2.88. The fourth-order valence-corrected chi connectivity index (χ4v) is 4.05. The predicted octanol–water partition coefficient (Wildman–Crippen LogP) is 2.61. The van der Waals surface area contributed by atoms with Gasteiger partial charge in [-0.25, -0.2) is 4.98 Å². The number of aliphatic hydroxyl groups is 1. The Balaban J connectivity index is 1.84. The number of aryl methyl sites for hydroxylation is 1. The highest BCUT2D eigenvalue weighted by molar-refractivity contribution is 7.15. The molecule has 1 atom stereocenters. The minimum absolute atomic E-state index is 0.0919. The molecule has 1 N–H and O–H groups in total. The second-order valence-corrected chi connectivity index (χ2v) is 7.08. The van der Waals surface area contributed by atoms with Gasteiger partial charge in [0, 0.05) is 32.1 Å². The second kappa shape index (κ2) is 6.36. The Morgan fingerprint density at radius 2 is 2.14 bits per heavy atom. The number of rotatable bonds is 4. The number of thiazole rings is 1. The van der Waals surface area contributed by atoms with Crippen LogP contribution >= 0.6 is 11.3 Å². The Bertz CT molecular complexity index is 653. The molecule has 0 amide bonds. The molecule has 0 spiro atoms. The van der Waals surface area contributed by atoms with Crippen LogP contribution in [0.3, 0.4) is 0 Å². The summed E-state index contributed by atoms with van der Waals surface area (Å²) in [6.07, 6.45) is 1.05. The fraction of sp³-hybridized carbons (Fsp3) is 0.471. The van der Waals surface area contributed by atoms with Gasteiger partial charge in [0.15, 0.2) is 5.13 Å². The van der Waals surface area contributed by atoms with Gasteiger partial charge in [0.05, 0.1) is 18.3 Å². The van der Waals surface area contributed by atoms with Gasteiger partial charge in [0.2, 0.25) is 0 Å². The molecule has 22 heavy (non-hydrogen) atoms. The number of nitrogens with zero attached hydrogens (tertiary/aromatic N) is 3. The van der Waals surface area contributed by atoms with E-state index < -0.39 is 0 Å². The molecule has 2 aromatic rings. The normalized spacial score (nSPS) is 18.3. The average molecular weight is 317 g/mol. The molecule has 0 saturated heterocycles. The molecule has 118 valence electrons. The number of hydrogen-bond acceptors (Lipinski definition) is 5. The molecule has 4 nitrogen and oxygen atoms in total. The van der Waals surface area contributed by atoms with E-state index >= 15 is 0 Å². The molecule has 0 saturated carbocycles. The SMILES string of the molecule is Cc1nc(N(C)C)sc1CN1CCc2ccccc2C1CO. The van der Waals surface area contributed by atoms with Crippen molar-refractivity contribution in [3.8, 4) is 0 Å². The lowest BCUT2D eigenvalue weighted by atomic mass is 9.93. The highest BCUT2D eigenvalue weighted by Gasteiger charge is 2.27. The van der Waals surface area contributed by atoms with E-state index in [1.165, 1.54) is 16.0 Å². The van der Waals surface area contributed by atoms with Crippen molar-refractivity contribution in [1.29, 1.82) is 0 Å². The summed E-state index contributed by atoms with van der Waals surface area (Å²) < 4.78 is 0. The molecule has 0 aliphatic carbocycles. The minimum atomic E-state index is 0.0919. The lowest BCUT2D eigenvalue weighted by Gasteiger charge is -2.36. The van der Waals surface area contributed by atoms with Crippen LogP contribution < -0.4 is 4.90 Å². The zero-order valence-electron chi connectivity index (χ0n) is 13.4. The van der Waals surface area contributed by atoms with Crippen molar-refractivity contribution in [2.45, 2.75) is 25.9 Å². The first-order valence-electron chi connectivity index (χ1n) is 7.66. The van der Waals surface area contributed by atoms with Crippen molar-refractivity contribution in [3.05, 3.63) is 46.0 Å². The molecule has 1 unspecified atom stereocenters. The summed E-state index contributed by atoms with van der Waals surface area (Å²) in [7, 11) is 4.05. The standard InChI is InChI=1S/C17H23N3OS/c1-12-16(22-17(18-12)19(2)3)10-20-9-8-13-6-4-5-7-14(13)15(20)11-21/h4-7,15,21H,8-11H2,1-3H3. The Hall–Kier alpha value is -1.43. The van der Waals surface area contributed by atoms with Crippen LogP contribution in [-0.2, 0) is 13.0 Å². The minimum Gasteiger partial charge on any atom is -0.394 e. The Morgan fingerprint density at radius 3 is 2.82 bits per heavy atom. The maximum absolute atomic E-state index is 9.89. The summed E-state index contributed by atoms with van der Waals surface area (Å²) in [4.78, 5) is 10.3. The quantitative estimate of drug-likeness (QED) is 0.941.